The first-order valence-corrected chi connectivity index (χ1v) is 15.7. The fourth-order valence-electron chi connectivity index (χ4n) is 5.17. The summed E-state index contributed by atoms with van der Waals surface area (Å²) in [7, 11) is -1.34. The number of carbonyl (C=O) groups excluding carboxylic acids is 2. The van der Waals surface area contributed by atoms with Crippen LogP contribution in [0.15, 0.2) is 77.7 Å². The Bertz CT molecular complexity index is 1500. The van der Waals surface area contributed by atoms with Crippen LogP contribution in [0.25, 0.3) is 0 Å². The van der Waals surface area contributed by atoms with E-state index < -0.39 is 34.3 Å². The van der Waals surface area contributed by atoms with E-state index in [-0.39, 0.29) is 34.8 Å². The van der Waals surface area contributed by atoms with Crippen LogP contribution in [0, 0.1) is 5.82 Å². The molecule has 0 heterocycles. The third-order valence-electron chi connectivity index (χ3n) is 7.65. The second-order valence-corrected chi connectivity index (χ2v) is 12.4. The zero-order valence-electron chi connectivity index (χ0n) is 24.7. The molecule has 1 aliphatic carbocycles. The third kappa shape index (κ3) is 7.84. The number of benzene rings is 3. The topological polar surface area (TPSA) is 105 Å². The van der Waals surface area contributed by atoms with E-state index in [1.54, 1.807) is 31.2 Å². The Morgan fingerprint density at radius 3 is 2.21 bits per heavy atom. The summed E-state index contributed by atoms with van der Waals surface area (Å²) in [5.74, 6) is -0.696. The van der Waals surface area contributed by atoms with Gasteiger partial charge in [0.1, 0.15) is 18.4 Å². The fraction of sp³-hybridized carbons (Fsp3) is 0.375. The lowest BCUT2D eigenvalue weighted by Gasteiger charge is -2.33. The number of nitrogens with one attached hydrogen (secondary N) is 1. The van der Waals surface area contributed by atoms with E-state index in [4.69, 9.17) is 9.47 Å². The summed E-state index contributed by atoms with van der Waals surface area (Å²) in [6.07, 6.45) is 4.91. The molecule has 1 N–H and O–H groups in total. The van der Waals surface area contributed by atoms with Gasteiger partial charge in [0, 0.05) is 18.7 Å². The Morgan fingerprint density at radius 2 is 1.58 bits per heavy atom. The zero-order chi connectivity index (χ0) is 31.0. The van der Waals surface area contributed by atoms with Gasteiger partial charge in [0.05, 0.1) is 24.8 Å². The molecule has 1 unspecified atom stereocenters. The van der Waals surface area contributed by atoms with Crippen LogP contribution in [0.3, 0.4) is 0 Å². The minimum Gasteiger partial charge on any atom is -0.493 e. The van der Waals surface area contributed by atoms with E-state index in [2.05, 4.69) is 5.32 Å². The fourth-order valence-corrected chi connectivity index (χ4v) is 6.59. The molecule has 3 aromatic carbocycles. The third-order valence-corrected chi connectivity index (χ3v) is 9.44. The molecule has 2 amide bonds. The van der Waals surface area contributed by atoms with Crippen LogP contribution in [0.2, 0.25) is 0 Å². The zero-order valence-corrected chi connectivity index (χ0v) is 25.5. The number of methoxy groups -OCH3 is 2. The number of anilines is 1. The molecule has 1 aliphatic rings. The average molecular weight is 612 g/mol. The lowest BCUT2D eigenvalue weighted by Crippen LogP contribution is -2.53. The van der Waals surface area contributed by atoms with Crippen LogP contribution < -0.4 is 19.1 Å². The number of hydrogen-bond acceptors (Lipinski definition) is 6. The van der Waals surface area contributed by atoms with Crippen molar-refractivity contribution in [2.75, 3.05) is 25.1 Å². The van der Waals surface area contributed by atoms with Crippen molar-refractivity contribution in [3.05, 3.63) is 84.2 Å². The summed E-state index contributed by atoms with van der Waals surface area (Å²) in [6.45, 7) is 0.991. The lowest BCUT2D eigenvalue weighted by atomic mass is 9.95. The standard InChI is InChI=1S/C32H38FN3O6S/c1-23(32(38)34-26-10-6-4-7-11-26)35(21-24-14-16-25(33)17-15-24)31(37)22-36(43(39,40)28-12-8-5-9-13-28)27-18-19-29(41-2)30(20-27)42-3/h5,8-9,12-20,23,26H,4,6-7,10-11,21-22H2,1-3H3,(H,34,38). The van der Waals surface area contributed by atoms with E-state index in [0.717, 1.165) is 36.4 Å². The van der Waals surface area contributed by atoms with Gasteiger partial charge in [0.15, 0.2) is 11.5 Å². The van der Waals surface area contributed by atoms with E-state index in [1.807, 2.05) is 0 Å². The second-order valence-electron chi connectivity index (χ2n) is 10.5. The van der Waals surface area contributed by atoms with Crippen molar-refractivity contribution in [2.24, 2.45) is 0 Å². The number of ether oxygens (including phenoxy) is 2. The lowest BCUT2D eigenvalue weighted by molar-refractivity contribution is -0.139. The number of sulfonamides is 1. The monoisotopic (exact) mass is 611 g/mol. The molecule has 1 atom stereocenters. The van der Waals surface area contributed by atoms with Crippen molar-refractivity contribution >= 4 is 27.5 Å². The molecule has 0 bridgehead atoms. The molecule has 11 heteroatoms. The molecule has 1 fully saturated rings. The minimum atomic E-state index is -4.24. The average Bonchev–Trinajstić information content (AvgIpc) is 3.03. The number of halogens is 1. The van der Waals surface area contributed by atoms with Crippen LogP contribution in [-0.2, 0) is 26.2 Å². The summed E-state index contributed by atoms with van der Waals surface area (Å²) in [5, 5.41) is 3.06. The Labute approximate surface area is 252 Å². The molecule has 43 heavy (non-hydrogen) atoms. The highest BCUT2D eigenvalue weighted by molar-refractivity contribution is 7.92. The first-order chi connectivity index (χ1) is 20.6. The van der Waals surface area contributed by atoms with Gasteiger partial charge in [0.25, 0.3) is 10.0 Å². The van der Waals surface area contributed by atoms with Gasteiger partial charge in [-0.2, -0.15) is 0 Å². The van der Waals surface area contributed by atoms with Crippen LogP contribution in [0.5, 0.6) is 11.5 Å². The summed E-state index contributed by atoms with van der Waals surface area (Å²) >= 11 is 0. The highest BCUT2D eigenvalue weighted by Crippen LogP contribution is 2.34. The van der Waals surface area contributed by atoms with Gasteiger partial charge in [-0.05, 0) is 61.7 Å². The van der Waals surface area contributed by atoms with Gasteiger partial charge < -0.3 is 19.7 Å². The van der Waals surface area contributed by atoms with Crippen molar-refractivity contribution in [3.63, 3.8) is 0 Å². The van der Waals surface area contributed by atoms with E-state index in [1.165, 1.54) is 67.7 Å². The smallest absolute Gasteiger partial charge is 0.264 e. The summed E-state index contributed by atoms with van der Waals surface area (Å²) in [6, 6.07) is 17.1. The van der Waals surface area contributed by atoms with E-state index >= 15 is 0 Å². The number of carbonyl (C=O) groups is 2. The van der Waals surface area contributed by atoms with Crippen LogP contribution in [0.1, 0.15) is 44.6 Å². The molecule has 9 nitrogen and oxygen atoms in total. The van der Waals surface area contributed by atoms with Gasteiger partial charge in [-0.15, -0.1) is 0 Å². The van der Waals surface area contributed by atoms with E-state index in [0.29, 0.717) is 11.3 Å². The predicted octanol–water partition coefficient (Wildman–Crippen LogP) is 4.90. The maximum Gasteiger partial charge on any atom is 0.264 e. The van der Waals surface area contributed by atoms with Crippen molar-refractivity contribution in [3.8, 4) is 11.5 Å². The molecule has 0 aliphatic heterocycles. The van der Waals surface area contributed by atoms with Crippen molar-refractivity contribution in [2.45, 2.75) is 62.6 Å². The quantitative estimate of drug-likeness (QED) is 0.312. The maximum absolute atomic E-state index is 14.1. The first-order valence-electron chi connectivity index (χ1n) is 14.3. The summed E-state index contributed by atoms with van der Waals surface area (Å²) < 4.78 is 53.3. The molecule has 230 valence electrons. The number of hydrogen-bond donors (Lipinski definition) is 1. The highest BCUT2D eigenvalue weighted by atomic mass is 32.2. The van der Waals surface area contributed by atoms with Crippen LogP contribution in [0.4, 0.5) is 10.1 Å². The molecule has 1 saturated carbocycles. The largest absolute Gasteiger partial charge is 0.493 e. The number of amides is 2. The Morgan fingerprint density at radius 1 is 0.930 bits per heavy atom. The molecular formula is C32H38FN3O6S. The SMILES string of the molecule is COc1ccc(N(CC(=O)N(Cc2ccc(F)cc2)C(C)C(=O)NC2CCCCC2)S(=O)(=O)c2ccccc2)cc1OC. The molecular weight excluding hydrogens is 573 g/mol. The molecule has 0 spiro atoms. The number of nitrogens with zero attached hydrogens (tertiary/aromatic N) is 2. The van der Waals surface area contributed by atoms with Crippen molar-refractivity contribution in [1.29, 1.82) is 0 Å². The molecule has 0 aromatic heterocycles. The Balaban J connectivity index is 1.70. The second kappa shape index (κ2) is 14.4. The molecule has 0 saturated heterocycles. The van der Waals surface area contributed by atoms with Crippen molar-refractivity contribution in [1.82, 2.24) is 10.2 Å². The minimum absolute atomic E-state index is 0.00856. The summed E-state index contributed by atoms with van der Waals surface area (Å²) in [4.78, 5) is 28.8. The van der Waals surface area contributed by atoms with Gasteiger partial charge >= 0.3 is 0 Å². The van der Waals surface area contributed by atoms with Gasteiger partial charge in [0.2, 0.25) is 11.8 Å². The highest BCUT2D eigenvalue weighted by Gasteiger charge is 2.33. The van der Waals surface area contributed by atoms with Crippen molar-refractivity contribution < 1.29 is 31.9 Å². The van der Waals surface area contributed by atoms with Gasteiger partial charge in [-0.25, -0.2) is 12.8 Å². The number of rotatable bonds is 12. The van der Waals surface area contributed by atoms with Crippen LogP contribution in [-0.4, -0.2) is 58.0 Å². The van der Waals surface area contributed by atoms with E-state index in [9.17, 15) is 22.4 Å². The first kappa shape index (κ1) is 31.8. The van der Waals surface area contributed by atoms with Gasteiger partial charge in [-0.3, -0.25) is 13.9 Å². The Hall–Kier alpha value is -4.12. The molecule has 3 aromatic rings. The maximum atomic E-state index is 14.1. The predicted molar refractivity (Wildman–Crippen MR) is 162 cm³/mol. The molecule has 4 rings (SSSR count). The Kier molecular flexibility index (Phi) is 10.6. The van der Waals surface area contributed by atoms with Crippen LogP contribution >= 0.6 is 0 Å². The summed E-state index contributed by atoms with van der Waals surface area (Å²) in [5.41, 5.74) is 0.770. The normalized spacial score (nSPS) is 14.4. The van der Waals surface area contributed by atoms with Gasteiger partial charge in [-0.1, -0.05) is 49.6 Å². The molecule has 0 radical (unpaired) electrons.